The van der Waals surface area contributed by atoms with E-state index in [4.69, 9.17) is 10.5 Å². The Morgan fingerprint density at radius 1 is 1.30 bits per heavy atom. The number of methoxy groups -OCH3 is 1. The SMILES string of the molecule is COCCN(C)C(=O)C[C@@H](Cc1ccccc1)C(N)=O. The number of carbonyl (C=O) groups excluding carboxylic acids is 2. The van der Waals surface area contributed by atoms with E-state index >= 15 is 0 Å². The van der Waals surface area contributed by atoms with E-state index in [1.165, 1.54) is 0 Å². The number of likely N-dealkylation sites (N-methyl/N-ethyl adjacent to an activating group) is 1. The maximum atomic E-state index is 12.0. The second kappa shape index (κ2) is 8.32. The molecule has 0 spiro atoms. The number of amides is 2. The lowest BCUT2D eigenvalue weighted by atomic mass is 9.95. The topological polar surface area (TPSA) is 72.6 Å². The quantitative estimate of drug-likeness (QED) is 0.765. The molecule has 2 amide bonds. The molecule has 5 nitrogen and oxygen atoms in total. The molecule has 0 fully saturated rings. The van der Waals surface area contributed by atoms with Gasteiger partial charge in [0.25, 0.3) is 0 Å². The van der Waals surface area contributed by atoms with Gasteiger partial charge in [0.15, 0.2) is 0 Å². The molecule has 2 N–H and O–H groups in total. The first-order chi connectivity index (χ1) is 9.54. The van der Waals surface area contributed by atoms with Crippen LogP contribution in [0.1, 0.15) is 12.0 Å². The third-order valence-electron chi connectivity index (χ3n) is 3.20. The molecule has 20 heavy (non-hydrogen) atoms. The van der Waals surface area contributed by atoms with E-state index in [0.29, 0.717) is 19.6 Å². The molecule has 1 aromatic carbocycles. The van der Waals surface area contributed by atoms with Gasteiger partial charge in [-0.05, 0) is 12.0 Å². The van der Waals surface area contributed by atoms with Gasteiger partial charge in [-0.3, -0.25) is 9.59 Å². The number of nitrogens with zero attached hydrogens (tertiary/aromatic N) is 1. The first-order valence-electron chi connectivity index (χ1n) is 6.60. The summed E-state index contributed by atoms with van der Waals surface area (Å²) in [6.45, 7) is 0.980. The maximum Gasteiger partial charge on any atom is 0.223 e. The predicted molar refractivity (Wildman–Crippen MR) is 77.0 cm³/mol. The fourth-order valence-electron chi connectivity index (χ4n) is 1.89. The van der Waals surface area contributed by atoms with E-state index in [2.05, 4.69) is 0 Å². The third-order valence-corrected chi connectivity index (χ3v) is 3.20. The Labute approximate surface area is 119 Å². The summed E-state index contributed by atoms with van der Waals surface area (Å²) in [4.78, 5) is 25.1. The minimum Gasteiger partial charge on any atom is -0.383 e. The average Bonchev–Trinajstić information content (AvgIpc) is 2.44. The Hall–Kier alpha value is -1.88. The number of primary amides is 1. The lowest BCUT2D eigenvalue weighted by Gasteiger charge is -2.20. The van der Waals surface area contributed by atoms with Crippen LogP contribution in [0.2, 0.25) is 0 Å². The highest BCUT2D eigenvalue weighted by Gasteiger charge is 2.21. The van der Waals surface area contributed by atoms with Crippen LogP contribution in [0.5, 0.6) is 0 Å². The molecule has 0 aromatic heterocycles. The summed E-state index contributed by atoms with van der Waals surface area (Å²) in [5.74, 6) is -1.01. The van der Waals surface area contributed by atoms with Gasteiger partial charge < -0.3 is 15.4 Å². The molecule has 0 saturated heterocycles. The van der Waals surface area contributed by atoms with Crippen LogP contribution in [0.4, 0.5) is 0 Å². The molecule has 1 rings (SSSR count). The van der Waals surface area contributed by atoms with E-state index in [1.54, 1.807) is 19.1 Å². The first kappa shape index (κ1) is 16.2. The highest BCUT2D eigenvalue weighted by molar-refractivity contribution is 5.85. The van der Waals surface area contributed by atoms with Gasteiger partial charge in [0, 0.05) is 27.1 Å². The van der Waals surface area contributed by atoms with Gasteiger partial charge in [-0.15, -0.1) is 0 Å². The Morgan fingerprint density at radius 2 is 1.95 bits per heavy atom. The highest BCUT2D eigenvalue weighted by atomic mass is 16.5. The summed E-state index contributed by atoms with van der Waals surface area (Å²) < 4.78 is 4.93. The lowest BCUT2D eigenvalue weighted by molar-refractivity contribution is -0.134. The number of ether oxygens (including phenoxy) is 1. The van der Waals surface area contributed by atoms with Crippen molar-refractivity contribution in [1.82, 2.24) is 4.90 Å². The van der Waals surface area contributed by atoms with Crippen molar-refractivity contribution < 1.29 is 14.3 Å². The molecule has 1 atom stereocenters. The number of hydrogen-bond donors (Lipinski definition) is 1. The maximum absolute atomic E-state index is 12.0. The predicted octanol–water partition coefficient (Wildman–Crippen LogP) is 0.825. The monoisotopic (exact) mass is 278 g/mol. The molecule has 0 aliphatic heterocycles. The number of carbonyl (C=O) groups is 2. The normalized spacial score (nSPS) is 11.9. The van der Waals surface area contributed by atoms with Crippen LogP contribution < -0.4 is 5.73 Å². The van der Waals surface area contributed by atoms with Crippen molar-refractivity contribution in [3.05, 3.63) is 35.9 Å². The second-order valence-electron chi connectivity index (χ2n) is 4.80. The van der Waals surface area contributed by atoms with E-state index in [9.17, 15) is 9.59 Å². The lowest BCUT2D eigenvalue weighted by Crippen LogP contribution is -2.35. The molecular weight excluding hydrogens is 256 g/mol. The van der Waals surface area contributed by atoms with Crippen LogP contribution in [0.25, 0.3) is 0 Å². The van der Waals surface area contributed by atoms with Crippen LogP contribution in [-0.4, -0.2) is 44.0 Å². The summed E-state index contributed by atoms with van der Waals surface area (Å²) in [7, 11) is 3.28. The zero-order valence-corrected chi connectivity index (χ0v) is 12.0. The van der Waals surface area contributed by atoms with Gasteiger partial charge in [-0.25, -0.2) is 0 Å². The van der Waals surface area contributed by atoms with Crippen LogP contribution in [0, 0.1) is 5.92 Å². The fraction of sp³-hybridized carbons (Fsp3) is 0.467. The van der Waals surface area contributed by atoms with Gasteiger partial charge in [-0.1, -0.05) is 30.3 Å². The van der Waals surface area contributed by atoms with E-state index < -0.39 is 11.8 Å². The van der Waals surface area contributed by atoms with Gasteiger partial charge in [-0.2, -0.15) is 0 Å². The van der Waals surface area contributed by atoms with E-state index in [0.717, 1.165) is 5.56 Å². The molecule has 5 heteroatoms. The van der Waals surface area contributed by atoms with Crippen molar-refractivity contribution in [1.29, 1.82) is 0 Å². The summed E-state index contributed by atoms with van der Waals surface area (Å²) >= 11 is 0. The van der Waals surface area contributed by atoms with Crippen molar-refractivity contribution in [2.45, 2.75) is 12.8 Å². The van der Waals surface area contributed by atoms with E-state index in [-0.39, 0.29) is 12.3 Å². The van der Waals surface area contributed by atoms with Crippen molar-refractivity contribution in [3.8, 4) is 0 Å². The standard InChI is InChI=1S/C15H22N2O3/c1-17(8-9-20-2)14(18)11-13(15(16)19)10-12-6-4-3-5-7-12/h3-7,13H,8-11H2,1-2H3,(H2,16,19)/t13-/m1/s1. The number of hydrogen-bond acceptors (Lipinski definition) is 3. The fourth-order valence-corrected chi connectivity index (χ4v) is 1.89. The Kier molecular flexibility index (Phi) is 6.73. The Bertz CT molecular complexity index is 434. The summed E-state index contributed by atoms with van der Waals surface area (Å²) in [6.07, 6.45) is 0.616. The molecule has 0 unspecified atom stereocenters. The van der Waals surface area contributed by atoms with E-state index in [1.807, 2.05) is 30.3 Å². The molecule has 0 saturated carbocycles. The third kappa shape index (κ3) is 5.40. The van der Waals surface area contributed by atoms with Crippen molar-refractivity contribution in [3.63, 3.8) is 0 Å². The van der Waals surface area contributed by atoms with Crippen LogP contribution in [0.3, 0.4) is 0 Å². The van der Waals surface area contributed by atoms with Gasteiger partial charge in [0.2, 0.25) is 11.8 Å². The molecule has 110 valence electrons. The molecule has 0 aliphatic carbocycles. The number of nitrogens with two attached hydrogens (primary N) is 1. The molecular formula is C15H22N2O3. The zero-order valence-electron chi connectivity index (χ0n) is 12.0. The molecule has 0 bridgehead atoms. The summed E-state index contributed by atoms with van der Waals surface area (Å²) in [5.41, 5.74) is 6.40. The highest BCUT2D eigenvalue weighted by Crippen LogP contribution is 2.13. The first-order valence-corrected chi connectivity index (χ1v) is 6.60. The van der Waals surface area contributed by atoms with Crippen LogP contribution in [-0.2, 0) is 20.7 Å². The largest absolute Gasteiger partial charge is 0.383 e. The smallest absolute Gasteiger partial charge is 0.223 e. The zero-order chi connectivity index (χ0) is 15.0. The Balaban J connectivity index is 2.59. The van der Waals surface area contributed by atoms with Crippen molar-refractivity contribution in [2.24, 2.45) is 11.7 Å². The van der Waals surface area contributed by atoms with Crippen LogP contribution in [0.15, 0.2) is 30.3 Å². The van der Waals surface area contributed by atoms with Gasteiger partial charge in [0.05, 0.1) is 12.5 Å². The number of rotatable bonds is 8. The molecule has 1 aromatic rings. The molecule has 0 heterocycles. The molecule has 0 aliphatic rings. The Morgan fingerprint density at radius 3 is 2.50 bits per heavy atom. The average molecular weight is 278 g/mol. The second-order valence-corrected chi connectivity index (χ2v) is 4.80. The summed E-state index contributed by atoms with van der Waals surface area (Å²) in [5, 5.41) is 0. The summed E-state index contributed by atoms with van der Waals surface area (Å²) in [6, 6.07) is 9.57. The van der Waals surface area contributed by atoms with Gasteiger partial charge in [0.1, 0.15) is 0 Å². The minimum atomic E-state index is -0.477. The number of benzene rings is 1. The minimum absolute atomic E-state index is 0.0956. The molecule has 0 radical (unpaired) electrons. The van der Waals surface area contributed by atoms with Crippen LogP contribution >= 0.6 is 0 Å². The van der Waals surface area contributed by atoms with Crippen molar-refractivity contribution in [2.75, 3.05) is 27.3 Å². The van der Waals surface area contributed by atoms with Gasteiger partial charge >= 0.3 is 0 Å². The van der Waals surface area contributed by atoms with Crippen molar-refractivity contribution >= 4 is 11.8 Å².